The Bertz CT molecular complexity index is 444. The van der Waals surface area contributed by atoms with E-state index in [0.717, 1.165) is 24.8 Å². The van der Waals surface area contributed by atoms with Crippen molar-refractivity contribution in [3.05, 3.63) is 34.9 Å². The van der Waals surface area contributed by atoms with Gasteiger partial charge in [-0.1, -0.05) is 18.2 Å². The third kappa shape index (κ3) is 3.26. The number of alkyl halides is 1. The van der Waals surface area contributed by atoms with Crippen LogP contribution in [0.15, 0.2) is 18.2 Å². The number of hydrogen-bond acceptors (Lipinski definition) is 1. The molecule has 2 atom stereocenters. The second kappa shape index (κ2) is 5.75. The number of rotatable bonds is 3. The van der Waals surface area contributed by atoms with Crippen molar-refractivity contribution in [2.24, 2.45) is 0 Å². The Labute approximate surface area is 114 Å². The molecule has 0 heterocycles. The molecule has 1 aromatic rings. The molecule has 0 aliphatic heterocycles. The van der Waals surface area contributed by atoms with Crippen molar-refractivity contribution in [2.45, 2.75) is 50.9 Å². The molecule has 1 amide bonds. The van der Waals surface area contributed by atoms with Crippen LogP contribution in [0.3, 0.4) is 0 Å². The van der Waals surface area contributed by atoms with Gasteiger partial charge >= 0.3 is 0 Å². The van der Waals surface area contributed by atoms with E-state index in [1.807, 2.05) is 6.07 Å². The molecule has 2 nitrogen and oxygen atoms in total. The smallest absolute Gasteiger partial charge is 0.224 e. The minimum atomic E-state index is 0.0794. The quantitative estimate of drug-likeness (QED) is 0.836. The minimum Gasteiger partial charge on any atom is -0.352 e. The highest BCUT2D eigenvalue weighted by molar-refractivity contribution is 6.21. The van der Waals surface area contributed by atoms with Crippen molar-refractivity contribution in [2.75, 3.05) is 0 Å². The summed E-state index contributed by atoms with van der Waals surface area (Å²) in [5, 5.41) is 3.15. The molecule has 0 saturated heterocycles. The number of hydrogen-bond donors (Lipinski definition) is 1. The summed E-state index contributed by atoms with van der Waals surface area (Å²) in [7, 11) is 0. The van der Waals surface area contributed by atoms with Gasteiger partial charge in [-0.25, -0.2) is 0 Å². The van der Waals surface area contributed by atoms with Gasteiger partial charge in [-0.3, -0.25) is 4.79 Å². The molecule has 0 spiro atoms. The second-order valence-corrected chi connectivity index (χ2v) is 5.78. The maximum absolute atomic E-state index is 11.9. The highest BCUT2D eigenvalue weighted by Gasteiger charge is 2.26. The summed E-state index contributed by atoms with van der Waals surface area (Å²) in [6, 6.07) is 6.33. The zero-order valence-electron chi connectivity index (χ0n) is 11.0. The zero-order valence-corrected chi connectivity index (χ0v) is 11.8. The minimum absolute atomic E-state index is 0.0794. The average molecular weight is 266 g/mol. The van der Waals surface area contributed by atoms with Crippen molar-refractivity contribution < 1.29 is 4.79 Å². The predicted molar refractivity (Wildman–Crippen MR) is 75.0 cm³/mol. The monoisotopic (exact) mass is 265 g/mol. The average Bonchev–Trinajstić information content (AvgIpc) is 2.70. The van der Waals surface area contributed by atoms with Crippen molar-refractivity contribution >= 4 is 17.5 Å². The van der Waals surface area contributed by atoms with E-state index in [4.69, 9.17) is 11.6 Å². The molecule has 0 aromatic heterocycles. The molecular formula is C15H20ClNO. The van der Waals surface area contributed by atoms with Crippen LogP contribution >= 0.6 is 11.6 Å². The Morgan fingerprint density at radius 3 is 2.72 bits per heavy atom. The van der Waals surface area contributed by atoms with E-state index in [-0.39, 0.29) is 17.3 Å². The van der Waals surface area contributed by atoms with Gasteiger partial charge in [0, 0.05) is 6.04 Å². The summed E-state index contributed by atoms with van der Waals surface area (Å²) in [5.74, 6) is 0.0794. The van der Waals surface area contributed by atoms with Crippen molar-refractivity contribution in [1.82, 2.24) is 5.32 Å². The van der Waals surface area contributed by atoms with Gasteiger partial charge in [0.05, 0.1) is 11.8 Å². The lowest BCUT2D eigenvalue weighted by molar-refractivity contribution is -0.121. The Hall–Kier alpha value is -1.02. The Balaban J connectivity index is 1.92. The normalized spacial score (nSPS) is 23.1. The lowest BCUT2D eigenvalue weighted by atomic mass is 10.0. The van der Waals surface area contributed by atoms with Gasteiger partial charge in [-0.2, -0.15) is 0 Å². The van der Waals surface area contributed by atoms with Gasteiger partial charge in [0.2, 0.25) is 5.91 Å². The van der Waals surface area contributed by atoms with Crippen LogP contribution in [-0.2, 0) is 11.2 Å². The number of carbonyl (C=O) groups is 1. The highest BCUT2D eigenvalue weighted by Crippen LogP contribution is 2.24. The molecule has 1 aliphatic rings. The summed E-state index contributed by atoms with van der Waals surface area (Å²) >= 11 is 6.16. The van der Waals surface area contributed by atoms with Gasteiger partial charge < -0.3 is 5.32 Å². The summed E-state index contributed by atoms with van der Waals surface area (Å²) in [5.41, 5.74) is 3.56. The lowest BCUT2D eigenvalue weighted by Gasteiger charge is -2.16. The number of carbonyl (C=O) groups excluding carboxylic acids is 1. The van der Waals surface area contributed by atoms with Crippen molar-refractivity contribution in [1.29, 1.82) is 0 Å². The molecule has 3 heteroatoms. The largest absolute Gasteiger partial charge is 0.352 e. The molecule has 98 valence electrons. The summed E-state index contributed by atoms with van der Waals surface area (Å²) in [4.78, 5) is 11.9. The van der Waals surface area contributed by atoms with Gasteiger partial charge in [0.25, 0.3) is 0 Å². The van der Waals surface area contributed by atoms with Crippen LogP contribution in [0.1, 0.15) is 36.0 Å². The molecule has 2 rings (SSSR count). The first-order valence-electron chi connectivity index (χ1n) is 6.56. The Morgan fingerprint density at radius 1 is 1.33 bits per heavy atom. The van der Waals surface area contributed by atoms with E-state index in [2.05, 4.69) is 31.3 Å². The van der Waals surface area contributed by atoms with E-state index in [0.29, 0.717) is 6.42 Å². The predicted octanol–water partition coefficient (Wildman–Crippen LogP) is 3.12. The van der Waals surface area contributed by atoms with E-state index in [1.54, 1.807) is 0 Å². The number of nitrogens with one attached hydrogen (secondary N) is 1. The fourth-order valence-corrected chi connectivity index (χ4v) is 2.78. The van der Waals surface area contributed by atoms with E-state index >= 15 is 0 Å². The number of aryl methyl sites for hydroxylation is 2. The zero-order chi connectivity index (χ0) is 13.1. The molecule has 0 bridgehead atoms. The van der Waals surface area contributed by atoms with Crippen LogP contribution in [-0.4, -0.2) is 17.3 Å². The van der Waals surface area contributed by atoms with Crippen molar-refractivity contribution in [3.8, 4) is 0 Å². The maximum atomic E-state index is 11.9. The van der Waals surface area contributed by atoms with Crippen LogP contribution in [0.2, 0.25) is 0 Å². The molecule has 0 radical (unpaired) electrons. The van der Waals surface area contributed by atoms with Gasteiger partial charge in [-0.15, -0.1) is 11.6 Å². The Morgan fingerprint density at radius 2 is 2.11 bits per heavy atom. The molecule has 1 aromatic carbocycles. The molecule has 18 heavy (non-hydrogen) atoms. The second-order valence-electron chi connectivity index (χ2n) is 5.22. The van der Waals surface area contributed by atoms with E-state index in [9.17, 15) is 4.79 Å². The molecule has 1 aliphatic carbocycles. The first-order valence-corrected chi connectivity index (χ1v) is 6.99. The highest BCUT2D eigenvalue weighted by atomic mass is 35.5. The summed E-state index contributed by atoms with van der Waals surface area (Å²) in [6.45, 7) is 4.15. The Kier molecular flexibility index (Phi) is 4.28. The topological polar surface area (TPSA) is 29.1 Å². The summed E-state index contributed by atoms with van der Waals surface area (Å²) < 4.78 is 0. The van der Waals surface area contributed by atoms with E-state index < -0.39 is 0 Å². The van der Waals surface area contributed by atoms with Crippen LogP contribution in [0, 0.1) is 13.8 Å². The lowest BCUT2D eigenvalue weighted by Crippen LogP contribution is -2.38. The third-order valence-corrected chi connectivity index (χ3v) is 4.24. The van der Waals surface area contributed by atoms with Crippen LogP contribution in [0.5, 0.6) is 0 Å². The fraction of sp³-hybridized carbons (Fsp3) is 0.533. The molecule has 2 unspecified atom stereocenters. The maximum Gasteiger partial charge on any atom is 0.224 e. The van der Waals surface area contributed by atoms with E-state index in [1.165, 1.54) is 11.1 Å². The molecule has 1 fully saturated rings. The van der Waals surface area contributed by atoms with Gasteiger partial charge in [-0.05, 0) is 49.8 Å². The number of amides is 1. The SMILES string of the molecule is Cc1ccc(CC(=O)NC2CCCC2Cl)cc1C. The van der Waals surface area contributed by atoms with Crippen LogP contribution in [0.4, 0.5) is 0 Å². The van der Waals surface area contributed by atoms with Gasteiger partial charge in [0.1, 0.15) is 0 Å². The standard InChI is InChI=1S/C15H20ClNO/c1-10-6-7-12(8-11(10)2)9-15(18)17-14-5-3-4-13(14)16/h6-8,13-14H,3-5,9H2,1-2H3,(H,17,18). The summed E-state index contributed by atoms with van der Waals surface area (Å²) in [6.07, 6.45) is 3.58. The van der Waals surface area contributed by atoms with Crippen molar-refractivity contribution in [3.63, 3.8) is 0 Å². The number of halogens is 1. The molecule has 1 N–H and O–H groups in total. The molecule has 1 saturated carbocycles. The first-order chi connectivity index (χ1) is 8.56. The first kappa shape index (κ1) is 13.4. The van der Waals surface area contributed by atoms with Gasteiger partial charge in [0.15, 0.2) is 0 Å². The van der Waals surface area contributed by atoms with Crippen LogP contribution in [0.25, 0.3) is 0 Å². The molecular weight excluding hydrogens is 246 g/mol. The third-order valence-electron chi connectivity index (χ3n) is 3.71. The number of benzene rings is 1. The van der Waals surface area contributed by atoms with Crippen LogP contribution < -0.4 is 5.32 Å². The fourth-order valence-electron chi connectivity index (χ4n) is 2.43.